The van der Waals surface area contributed by atoms with Gasteiger partial charge in [0.05, 0.1) is 12.5 Å². The maximum Gasteiger partial charge on any atom is 0.326 e. The summed E-state index contributed by atoms with van der Waals surface area (Å²) in [6.07, 6.45) is 2.16. The molecule has 0 aliphatic heterocycles. The molecule has 0 aliphatic carbocycles. The zero-order valence-corrected chi connectivity index (χ0v) is 22.8. The summed E-state index contributed by atoms with van der Waals surface area (Å²) in [7, 11) is 0. The van der Waals surface area contributed by atoms with Gasteiger partial charge in [-0.1, -0.05) is 52.3 Å². The van der Waals surface area contributed by atoms with Gasteiger partial charge in [0.2, 0.25) is 23.6 Å². The van der Waals surface area contributed by atoms with Gasteiger partial charge in [0.1, 0.15) is 18.1 Å². The second kappa shape index (κ2) is 14.3. The molecule has 1 aromatic carbocycles. The molecule has 0 aliphatic rings. The zero-order chi connectivity index (χ0) is 29.3. The molecule has 4 amide bonds. The van der Waals surface area contributed by atoms with E-state index in [-0.39, 0.29) is 12.3 Å². The number of fused-ring (bicyclic) bond motifs is 1. The molecule has 5 unspecified atom stereocenters. The van der Waals surface area contributed by atoms with Gasteiger partial charge in [-0.3, -0.25) is 19.2 Å². The molecule has 0 bridgehead atoms. The van der Waals surface area contributed by atoms with Crippen LogP contribution in [-0.4, -0.2) is 63.9 Å². The van der Waals surface area contributed by atoms with Gasteiger partial charge in [-0.15, -0.1) is 0 Å². The Labute approximate surface area is 227 Å². The van der Waals surface area contributed by atoms with Crippen LogP contribution in [0.5, 0.6) is 0 Å². The summed E-state index contributed by atoms with van der Waals surface area (Å²) < 4.78 is 0. The number of amides is 4. The van der Waals surface area contributed by atoms with Gasteiger partial charge < -0.3 is 37.5 Å². The lowest BCUT2D eigenvalue weighted by molar-refractivity contribution is -0.144. The minimum Gasteiger partial charge on any atom is -0.480 e. The van der Waals surface area contributed by atoms with Crippen LogP contribution in [0.1, 0.15) is 52.5 Å². The van der Waals surface area contributed by atoms with Crippen molar-refractivity contribution < 1.29 is 29.1 Å². The van der Waals surface area contributed by atoms with Crippen LogP contribution < -0.4 is 27.4 Å². The van der Waals surface area contributed by atoms with E-state index in [0.717, 1.165) is 16.5 Å². The van der Waals surface area contributed by atoms with E-state index < -0.39 is 66.1 Å². The number of aromatic amines is 1. The number of carboxylic acids is 1. The van der Waals surface area contributed by atoms with Crippen molar-refractivity contribution in [1.29, 1.82) is 0 Å². The monoisotopic (exact) mass is 544 g/mol. The lowest BCUT2D eigenvalue weighted by Crippen LogP contribution is -2.59. The highest BCUT2D eigenvalue weighted by atomic mass is 16.4. The Morgan fingerprint density at radius 2 is 1.59 bits per heavy atom. The van der Waals surface area contributed by atoms with Crippen LogP contribution in [0.3, 0.4) is 0 Å². The first-order valence-corrected chi connectivity index (χ1v) is 13.1. The maximum atomic E-state index is 13.6. The van der Waals surface area contributed by atoms with E-state index in [9.17, 15) is 29.1 Å². The Morgan fingerprint density at radius 3 is 2.18 bits per heavy atom. The standard InChI is InChI=1S/C27H40N6O6/c1-5-15(4)23(26(37)32-21(27(38)39)12-22(29)34)33-25(36)20(31-24(35)18(28)10-14(2)3)11-16-13-30-19-9-7-6-8-17(16)19/h6-9,13-15,18,20-21,23,30H,5,10-12,28H2,1-4H3,(H2,29,34)(H,31,35)(H,32,37)(H,33,36)(H,38,39). The number of para-hydroxylation sites is 1. The summed E-state index contributed by atoms with van der Waals surface area (Å²) in [5, 5.41) is 18.0. The lowest BCUT2D eigenvalue weighted by Gasteiger charge is -2.28. The van der Waals surface area contributed by atoms with Crippen molar-refractivity contribution in [2.24, 2.45) is 23.3 Å². The van der Waals surface area contributed by atoms with E-state index in [1.54, 1.807) is 13.1 Å². The van der Waals surface area contributed by atoms with Crippen molar-refractivity contribution in [2.45, 2.75) is 77.5 Å². The molecule has 2 aromatic rings. The predicted molar refractivity (Wildman–Crippen MR) is 146 cm³/mol. The summed E-state index contributed by atoms with van der Waals surface area (Å²) in [5.41, 5.74) is 12.8. The van der Waals surface area contributed by atoms with Gasteiger partial charge in [-0.25, -0.2) is 4.79 Å². The summed E-state index contributed by atoms with van der Waals surface area (Å²) in [6.45, 7) is 7.40. The number of carboxylic acid groups (broad SMARTS) is 1. The van der Waals surface area contributed by atoms with Crippen molar-refractivity contribution >= 4 is 40.5 Å². The summed E-state index contributed by atoms with van der Waals surface area (Å²) >= 11 is 0. The molecular weight excluding hydrogens is 504 g/mol. The number of H-pyrrole nitrogens is 1. The molecule has 0 spiro atoms. The second-order valence-electron chi connectivity index (χ2n) is 10.3. The highest BCUT2D eigenvalue weighted by Crippen LogP contribution is 2.20. The Bertz CT molecular complexity index is 1180. The van der Waals surface area contributed by atoms with E-state index in [2.05, 4.69) is 20.9 Å². The van der Waals surface area contributed by atoms with Crippen LogP contribution in [-0.2, 0) is 30.4 Å². The first kappa shape index (κ1) is 31.3. The molecule has 5 atom stereocenters. The molecule has 0 fully saturated rings. The molecule has 12 heteroatoms. The lowest BCUT2D eigenvalue weighted by atomic mass is 9.96. The van der Waals surface area contributed by atoms with Crippen molar-refractivity contribution in [1.82, 2.24) is 20.9 Å². The van der Waals surface area contributed by atoms with Crippen molar-refractivity contribution in [2.75, 3.05) is 0 Å². The number of aromatic nitrogens is 1. The van der Waals surface area contributed by atoms with Crippen LogP contribution >= 0.6 is 0 Å². The first-order valence-electron chi connectivity index (χ1n) is 13.1. The number of hydrogen-bond donors (Lipinski definition) is 7. The minimum atomic E-state index is -1.55. The van der Waals surface area contributed by atoms with E-state index >= 15 is 0 Å². The molecular formula is C27H40N6O6. The number of rotatable bonds is 15. The molecule has 39 heavy (non-hydrogen) atoms. The predicted octanol–water partition coefficient (Wildman–Crippen LogP) is 0.544. The SMILES string of the molecule is CCC(C)C(NC(=O)C(Cc1c[nH]c2ccccc12)NC(=O)C(N)CC(C)C)C(=O)NC(CC(N)=O)C(=O)O. The van der Waals surface area contributed by atoms with Crippen molar-refractivity contribution in [3.63, 3.8) is 0 Å². The fraction of sp³-hybridized carbons (Fsp3) is 0.519. The smallest absolute Gasteiger partial charge is 0.326 e. The van der Waals surface area contributed by atoms with Gasteiger partial charge in [-0.05, 0) is 29.9 Å². The third-order valence-corrected chi connectivity index (χ3v) is 6.61. The Hall–Kier alpha value is -3.93. The maximum absolute atomic E-state index is 13.6. The third kappa shape index (κ3) is 9.10. The molecule has 0 saturated carbocycles. The van der Waals surface area contributed by atoms with Crippen LogP contribution in [0.4, 0.5) is 0 Å². The molecule has 214 valence electrons. The van der Waals surface area contributed by atoms with Gasteiger partial charge in [0, 0.05) is 23.5 Å². The molecule has 0 radical (unpaired) electrons. The van der Waals surface area contributed by atoms with Crippen LogP contribution in [0.2, 0.25) is 0 Å². The van der Waals surface area contributed by atoms with Gasteiger partial charge >= 0.3 is 5.97 Å². The van der Waals surface area contributed by atoms with E-state index in [1.807, 2.05) is 45.0 Å². The van der Waals surface area contributed by atoms with E-state index in [1.165, 1.54) is 0 Å². The molecule has 9 N–H and O–H groups in total. The summed E-state index contributed by atoms with van der Waals surface area (Å²) in [5.74, 6) is -4.48. The highest BCUT2D eigenvalue weighted by molar-refractivity contribution is 5.95. The summed E-state index contributed by atoms with van der Waals surface area (Å²) in [6, 6.07) is 2.93. The topological polar surface area (TPSA) is 210 Å². The quantitative estimate of drug-likeness (QED) is 0.169. The summed E-state index contributed by atoms with van der Waals surface area (Å²) in [4.78, 5) is 65.5. The van der Waals surface area contributed by atoms with E-state index in [4.69, 9.17) is 11.5 Å². The number of carbonyl (C=O) groups is 5. The largest absolute Gasteiger partial charge is 0.480 e. The van der Waals surface area contributed by atoms with Crippen molar-refractivity contribution in [3.05, 3.63) is 36.0 Å². The molecule has 1 aromatic heterocycles. The van der Waals surface area contributed by atoms with Crippen LogP contribution in [0.25, 0.3) is 10.9 Å². The number of hydrogen-bond acceptors (Lipinski definition) is 6. The third-order valence-electron chi connectivity index (χ3n) is 6.61. The normalized spacial score (nSPS) is 15.1. The number of primary amides is 1. The van der Waals surface area contributed by atoms with Gasteiger partial charge in [0.25, 0.3) is 0 Å². The zero-order valence-electron chi connectivity index (χ0n) is 22.8. The second-order valence-corrected chi connectivity index (χ2v) is 10.3. The number of carbonyl (C=O) groups excluding carboxylic acids is 4. The fourth-order valence-electron chi connectivity index (χ4n) is 4.24. The average Bonchev–Trinajstić information content (AvgIpc) is 3.27. The molecule has 0 saturated heterocycles. The highest BCUT2D eigenvalue weighted by Gasteiger charge is 2.33. The first-order chi connectivity index (χ1) is 18.3. The average molecular weight is 545 g/mol. The molecule has 2 rings (SSSR count). The Kier molecular flexibility index (Phi) is 11.5. The molecule has 1 heterocycles. The fourth-order valence-corrected chi connectivity index (χ4v) is 4.24. The number of nitrogens with one attached hydrogen (secondary N) is 4. The minimum absolute atomic E-state index is 0.115. The van der Waals surface area contributed by atoms with Crippen LogP contribution in [0, 0.1) is 11.8 Å². The Balaban J connectivity index is 2.32. The van der Waals surface area contributed by atoms with Crippen molar-refractivity contribution in [3.8, 4) is 0 Å². The number of aliphatic carboxylic acids is 1. The van der Waals surface area contributed by atoms with Gasteiger partial charge in [-0.2, -0.15) is 0 Å². The Morgan fingerprint density at radius 1 is 0.949 bits per heavy atom. The number of nitrogens with two attached hydrogens (primary N) is 2. The molecule has 12 nitrogen and oxygen atoms in total. The van der Waals surface area contributed by atoms with Crippen LogP contribution in [0.15, 0.2) is 30.5 Å². The van der Waals surface area contributed by atoms with E-state index in [0.29, 0.717) is 12.8 Å². The van der Waals surface area contributed by atoms with Gasteiger partial charge in [0.15, 0.2) is 0 Å². The number of benzene rings is 1.